The maximum Gasteiger partial charge on any atom is 0.251 e. The maximum absolute atomic E-state index is 11.9. The van der Waals surface area contributed by atoms with Gasteiger partial charge in [0, 0.05) is 16.6 Å². The number of carbonyl (C=O) groups excluding carboxylic acids is 1. The van der Waals surface area contributed by atoms with E-state index in [1.807, 2.05) is 6.92 Å². The fourth-order valence-corrected chi connectivity index (χ4v) is 2.29. The number of benzene rings is 1. The van der Waals surface area contributed by atoms with Crippen LogP contribution in [-0.4, -0.2) is 10.9 Å². The highest BCUT2D eigenvalue weighted by Crippen LogP contribution is 2.19. The standard InChI is InChI=1S/C12H12ClN3OS/c1-7-15-5-9(18-7)6-16-12(17)8-2-3-10(13)11(14)4-8/h2-5H,6,14H2,1H3,(H,16,17). The van der Waals surface area contributed by atoms with Gasteiger partial charge < -0.3 is 11.1 Å². The van der Waals surface area contributed by atoms with Crippen molar-refractivity contribution in [3.8, 4) is 0 Å². The van der Waals surface area contributed by atoms with Gasteiger partial charge in [0.05, 0.1) is 22.3 Å². The molecular weight excluding hydrogens is 270 g/mol. The summed E-state index contributed by atoms with van der Waals surface area (Å²) in [5, 5.41) is 4.24. The second kappa shape index (κ2) is 5.37. The summed E-state index contributed by atoms with van der Waals surface area (Å²) in [6.45, 7) is 2.39. The predicted octanol–water partition coefficient (Wildman–Crippen LogP) is 2.62. The van der Waals surface area contributed by atoms with Gasteiger partial charge in [0.2, 0.25) is 0 Å². The molecule has 2 aromatic rings. The van der Waals surface area contributed by atoms with E-state index in [2.05, 4.69) is 10.3 Å². The zero-order chi connectivity index (χ0) is 13.1. The summed E-state index contributed by atoms with van der Waals surface area (Å²) in [4.78, 5) is 17.0. The molecule has 0 saturated heterocycles. The van der Waals surface area contributed by atoms with E-state index in [4.69, 9.17) is 17.3 Å². The van der Waals surface area contributed by atoms with Gasteiger partial charge in [-0.05, 0) is 25.1 Å². The summed E-state index contributed by atoms with van der Waals surface area (Å²) in [5.74, 6) is -0.176. The quantitative estimate of drug-likeness (QED) is 0.850. The van der Waals surface area contributed by atoms with Crippen LogP contribution in [0.25, 0.3) is 0 Å². The topological polar surface area (TPSA) is 68.0 Å². The van der Waals surface area contributed by atoms with Crippen LogP contribution in [0.3, 0.4) is 0 Å². The van der Waals surface area contributed by atoms with Crippen molar-refractivity contribution in [1.29, 1.82) is 0 Å². The average Bonchev–Trinajstić information content (AvgIpc) is 2.75. The van der Waals surface area contributed by atoms with Gasteiger partial charge >= 0.3 is 0 Å². The molecule has 0 aliphatic carbocycles. The number of rotatable bonds is 3. The Bertz CT molecular complexity index is 582. The molecule has 0 radical (unpaired) electrons. The molecule has 0 saturated carbocycles. The van der Waals surface area contributed by atoms with E-state index in [0.717, 1.165) is 9.88 Å². The average molecular weight is 282 g/mol. The molecule has 0 fully saturated rings. The third-order valence-electron chi connectivity index (χ3n) is 2.35. The van der Waals surface area contributed by atoms with Gasteiger partial charge in [0.15, 0.2) is 0 Å². The molecule has 0 unspecified atom stereocenters. The lowest BCUT2D eigenvalue weighted by Crippen LogP contribution is -2.22. The first-order valence-corrected chi connectivity index (χ1v) is 6.50. The number of anilines is 1. The number of nitrogens with zero attached hydrogens (tertiary/aromatic N) is 1. The smallest absolute Gasteiger partial charge is 0.251 e. The van der Waals surface area contributed by atoms with Crippen molar-refractivity contribution < 1.29 is 4.79 Å². The lowest BCUT2D eigenvalue weighted by Gasteiger charge is -2.05. The molecule has 0 spiro atoms. The molecule has 6 heteroatoms. The number of nitrogen functional groups attached to an aromatic ring is 1. The highest BCUT2D eigenvalue weighted by molar-refractivity contribution is 7.11. The van der Waals surface area contributed by atoms with Crippen LogP contribution in [-0.2, 0) is 6.54 Å². The van der Waals surface area contributed by atoms with E-state index in [0.29, 0.717) is 22.8 Å². The highest BCUT2D eigenvalue weighted by Gasteiger charge is 2.08. The molecule has 2 rings (SSSR count). The molecule has 18 heavy (non-hydrogen) atoms. The van der Waals surface area contributed by atoms with Crippen molar-refractivity contribution in [2.24, 2.45) is 0 Å². The molecule has 1 aromatic heterocycles. The highest BCUT2D eigenvalue weighted by atomic mass is 35.5. The number of aryl methyl sites for hydroxylation is 1. The molecule has 4 nitrogen and oxygen atoms in total. The zero-order valence-electron chi connectivity index (χ0n) is 9.74. The fraction of sp³-hybridized carbons (Fsp3) is 0.167. The summed E-state index contributed by atoms with van der Waals surface area (Å²) < 4.78 is 0. The first-order valence-electron chi connectivity index (χ1n) is 5.31. The van der Waals surface area contributed by atoms with Crippen LogP contribution in [0.4, 0.5) is 5.69 Å². The lowest BCUT2D eigenvalue weighted by atomic mass is 10.2. The van der Waals surface area contributed by atoms with E-state index in [-0.39, 0.29) is 5.91 Å². The largest absolute Gasteiger partial charge is 0.398 e. The minimum Gasteiger partial charge on any atom is -0.398 e. The summed E-state index contributed by atoms with van der Waals surface area (Å²) in [6, 6.07) is 4.82. The minimum atomic E-state index is -0.176. The van der Waals surface area contributed by atoms with Crippen molar-refractivity contribution in [1.82, 2.24) is 10.3 Å². The van der Waals surface area contributed by atoms with Gasteiger partial charge in [0.25, 0.3) is 5.91 Å². The van der Waals surface area contributed by atoms with E-state index >= 15 is 0 Å². The van der Waals surface area contributed by atoms with Crippen molar-refractivity contribution in [3.05, 3.63) is 44.9 Å². The Morgan fingerprint density at radius 1 is 1.56 bits per heavy atom. The van der Waals surface area contributed by atoms with Gasteiger partial charge in [0.1, 0.15) is 0 Å². The summed E-state index contributed by atoms with van der Waals surface area (Å²) >= 11 is 7.36. The number of amides is 1. The van der Waals surface area contributed by atoms with Crippen LogP contribution >= 0.6 is 22.9 Å². The van der Waals surface area contributed by atoms with Crippen LogP contribution in [0.1, 0.15) is 20.2 Å². The van der Waals surface area contributed by atoms with E-state index in [9.17, 15) is 4.79 Å². The first-order chi connectivity index (χ1) is 8.56. The Balaban J connectivity index is 2.01. The fourth-order valence-electron chi connectivity index (χ4n) is 1.44. The zero-order valence-corrected chi connectivity index (χ0v) is 11.3. The Morgan fingerprint density at radius 2 is 2.33 bits per heavy atom. The maximum atomic E-state index is 11.9. The Kier molecular flexibility index (Phi) is 3.84. The van der Waals surface area contributed by atoms with E-state index < -0.39 is 0 Å². The third kappa shape index (κ3) is 3.00. The second-order valence-corrected chi connectivity index (χ2v) is 5.49. The van der Waals surface area contributed by atoms with Gasteiger partial charge in [-0.1, -0.05) is 11.6 Å². The number of carbonyl (C=O) groups is 1. The molecule has 94 valence electrons. The monoisotopic (exact) mass is 281 g/mol. The van der Waals surface area contributed by atoms with Crippen LogP contribution < -0.4 is 11.1 Å². The molecule has 1 amide bonds. The van der Waals surface area contributed by atoms with Gasteiger partial charge in [-0.25, -0.2) is 4.98 Å². The number of nitrogens with one attached hydrogen (secondary N) is 1. The Labute approximate surface area is 114 Å². The number of hydrogen-bond acceptors (Lipinski definition) is 4. The SMILES string of the molecule is Cc1ncc(CNC(=O)c2ccc(Cl)c(N)c2)s1. The number of thiazole rings is 1. The predicted molar refractivity (Wildman–Crippen MR) is 73.9 cm³/mol. The summed E-state index contributed by atoms with van der Waals surface area (Å²) in [6.07, 6.45) is 1.76. The minimum absolute atomic E-state index is 0.176. The number of nitrogens with two attached hydrogens (primary N) is 1. The second-order valence-electron chi connectivity index (χ2n) is 3.76. The summed E-state index contributed by atoms with van der Waals surface area (Å²) in [7, 11) is 0. The van der Waals surface area contributed by atoms with Gasteiger partial charge in [-0.2, -0.15) is 0 Å². The van der Waals surface area contributed by atoms with Gasteiger partial charge in [-0.3, -0.25) is 4.79 Å². The summed E-state index contributed by atoms with van der Waals surface area (Å²) in [5.41, 5.74) is 6.55. The van der Waals surface area contributed by atoms with Crippen LogP contribution in [0.5, 0.6) is 0 Å². The van der Waals surface area contributed by atoms with Crippen molar-refractivity contribution >= 4 is 34.5 Å². The molecule has 0 atom stereocenters. The molecule has 0 aliphatic rings. The molecule has 0 bridgehead atoms. The van der Waals surface area contributed by atoms with E-state index in [1.165, 1.54) is 0 Å². The van der Waals surface area contributed by atoms with Crippen molar-refractivity contribution in [2.45, 2.75) is 13.5 Å². The van der Waals surface area contributed by atoms with Crippen LogP contribution in [0.15, 0.2) is 24.4 Å². The van der Waals surface area contributed by atoms with Crippen LogP contribution in [0, 0.1) is 6.92 Å². The molecule has 3 N–H and O–H groups in total. The van der Waals surface area contributed by atoms with Crippen molar-refractivity contribution in [3.63, 3.8) is 0 Å². The molecule has 1 heterocycles. The first kappa shape index (κ1) is 12.9. The molecule has 1 aromatic carbocycles. The molecule has 0 aliphatic heterocycles. The number of aromatic nitrogens is 1. The third-order valence-corrected chi connectivity index (χ3v) is 3.61. The van der Waals surface area contributed by atoms with Crippen LogP contribution in [0.2, 0.25) is 5.02 Å². The Hall–Kier alpha value is -1.59. The number of hydrogen-bond donors (Lipinski definition) is 2. The van der Waals surface area contributed by atoms with Crippen molar-refractivity contribution in [2.75, 3.05) is 5.73 Å². The van der Waals surface area contributed by atoms with E-state index in [1.54, 1.807) is 35.7 Å². The normalized spacial score (nSPS) is 10.3. The lowest BCUT2D eigenvalue weighted by molar-refractivity contribution is 0.0951. The Morgan fingerprint density at radius 3 is 2.94 bits per heavy atom. The molecular formula is C12H12ClN3OS. The van der Waals surface area contributed by atoms with Gasteiger partial charge in [-0.15, -0.1) is 11.3 Å². The number of halogens is 1.